The summed E-state index contributed by atoms with van der Waals surface area (Å²) >= 11 is 0. The monoisotopic (exact) mass is 607 g/mol. The number of nitrogens with zero attached hydrogens (tertiary/aromatic N) is 3. The molecule has 1 amide bonds. The highest BCUT2D eigenvalue weighted by Gasteiger charge is 2.38. The molecule has 1 N–H and O–H groups in total. The first-order valence-electron chi connectivity index (χ1n) is 17.3. The molecule has 6 nitrogen and oxygen atoms in total. The van der Waals surface area contributed by atoms with Crippen LogP contribution in [0.15, 0.2) is 28.7 Å². The summed E-state index contributed by atoms with van der Waals surface area (Å²) in [7, 11) is 0. The molecule has 1 unspecified atom stereocenters. The average molecular weight is 608 g/mol. The largest absolute Gasteiger partial charge is 0.456 e. The zero-order valence-electron chi connectivity index (χ0n) is 29.6. The highest BCUT2D eigenvalue weighted by atomic mass is 16.4. The molecule has 1 atom stereocenters. The van der Waals surface area contributed by atoms with Gasteiger partial charge < -0.3 is 14.4 Å². The molecule has 1 aromatic heterocycles. The van der Waals surface area contributed by atoms with E-state index in [0.29, 0.717) is 24.6 Å². The molecular weight excluding hydrogens is 546 g/mol. The Labute approximate surface area is 268 Å². The summed E-state index contributed by atoms with van der Waals surface area (Å²) in [4.78, 5) is 16.2. The van der Waals surface area contributed by atoms with Gasteiger partial charge in [0.1, 0.15) is 5.76 Å². The van der Waals surface area contributed by atoms with E-state index in [2.05, 4.69) is 82.4 Å². The standard InChI is InChI=1S/C38H61N3O3/c1-11-39-25-30(26-40(39)12-2)41(21-17-27(3)14-13-18-38(9,10)43)35(42)34-16-15-31(44-34)23-29-24-33-32(22-28(29)4)36(5,6)19-20-37(33,7)8/h15-16,22,24,27,30,43H,11-14,17-21,23,25-26H2,1-10H3. The number of likely N-dealkylation sites (N-methyl/N-ethyl adjacent to an activating group) is 2. The molecular formula is C38H61N3O3. The van der Waals surface area contributed by atoms with E-state index in [1.165, 1.54) is 35.1 Å². The molecule has 0 saturated carbocycles. The maximum absolute atomic E-state index is 14.1. The molecule has 246 valence electrons. The number of carbonyl (C=O) groups excluding carboxylic acids is 1. The molecule has 0 radical (unpaired) electrons. The van der Waals surface area contributed by atoms with Crippen molar-refractivity contribution < 1.29 is 14.3 Å². The quantitative estimate of drug-likeness (QED) is 0.251. The van der Waals surface area contributed by atoms with Crippen LogP contribution in [-0.4, -0.2) is 70.3 Å². The summed E-state index contributed by atoms with van der Waals surface area (Å²) in [6.45, 7) is 26.4. The number of carbonyl (C=O) groups is 1. The van der Waals surface area contributed by atoms with E-state index in [1.54, 1.807) is 0 Å². The first-order chi connectivity index (χ1) is 20.5. The van der Waals surface area contributed by atoms with E-state index in [9.17, 15) is 9.90 Å². The molecule has 2 aliphatic rings. The van der Waals surface area contributed by atoms with Crippen molar-refractivity contribution in [2.75, 3.05) is 32.7 Å². The predicted octanol–water partition coefficient (Wildman–Crippen LogP) is 7.88. The summed E-state index contributed by atoms with van der Waals surface area (Å²) in [5.74, 6) is 1.78. The van der Waals surface area contributed by atoms with Gasteiger partial charge in [-0.25, -0.2) is 10.0 Å². The summed E-state index contributed by atoms with van der Waals surface area (Å²) in [5, 5.41) is 14.9. The number of hydrogen-bond acceptors (Lipinski definition) is 5. The Bertz CT molecular complexity index is 1260. The number of hydrogen-bond donors (Lipinski definition) is 1. The van der Waals surface area contributed by atoms with Crippen LogP contribution in [0.25, 0.3) is 0 Å². The van der Waals surface area contributed by atoms with Gasteiger partial charge in [-0.15, -0.1) is 0 Å². The SMILES string of the molecule is CCN1CC(N(CCC(C)CCCC(C)(C)O)C(=O)c2ccc(Cc3cc4c(cc3C)C(C)(C)CCC4(C)C)o2)CN1CC. The van der Waals surface area contributed by atoms with Crippen LogP contribution in [0.3, 0.4) is 0 Å². The normalized spacial score (nSPS) is 19.7. The molecule has 1 saturated heterocycles. The number of hydrazine groups is 1. The van der Waals surface area contributed by atoms with E-state index in [-0.39, 0.29) is 22.8 Å². The van der Waals surface area contributed by atoms with Crippen molar-refractivity contribution in [2.24, 2.45) is 5.92 Å². The third kappa shape index (κ3) is 8.16. The highest BCUT2D eigenvalue weighted by molar-refractivity contribution is 5.91. The van der Waals surface area contributed by atoms with E-state index < -0.39 is 5.60 Å². The number of aliphatic hydroxyl groups is 1. The van der Waals surface area contributed by atoms with Crippen LogP contribution in [0, 0.1) is 12.8 Å². The molecule has 1 aliphatic carbocycles. The van der Waals surface area contributed by atoms with Crippen LogP contribution >= 0.6 is 0 Å². The van der Waals surface area contributed by atoms with Gasteiger partial charge in [0.05, 0.1) is 11.6 Å². The number of benzene rings is 1. The lowest BCUT2D eigenvalue weighted by atomic mass is 9.62. The molecule has 1 aliphatic heterocycles. The molecule has 2 aromatic rings. The highest BCUT2D eigenvalue weighted by Crippen LogP contribution is 2.46. The maximum Gasteiger partial charge on any atom is 0.289 e. The Kier molecular flexibility index (Phi) is 10.8. The third-order valence-electron chi connectivity index (χ3n) is 10.6. The Balaban J connectivity index is 1.51. The minimum absolute atomic E-state index is 0.00370. The van der Waals surface area contributed by atoms with Gasteiger partial charge in [-0.3, -0.25) is 4.79 Å². The molecule has 2 heterocycles. The number of rotatable bonds is 13. The lowest BCUT2D eigenvalue weighted by Gasteiger charge is -2.42. The Hall–Kier alpha value is -2.15. The van der Waals surface area contributed by atoms with Crippen LogP contribution in [0.5, 0.6) is 0 Å². The Morgan fingerprint density at radius 3 is 2.18 bits per heavy atom. The van der Waals surface area contributed by atoms with E-state index in [0.717, 1.165) is 57.6 Å². The number of furan rings is 1. The third-order valence-corrected chi connectivity index (χ3v) is 10.6. The van der Waals surface area contributed by atoms with Crippen LogP contribution in [0.4, 0.5) is 0 Å². The fourth-order valence-corrected chi connectivity index (χ4v) is 7.34. The second-order valence-electron chi connectivity index (χ2n) is 15.8. The minimum atomic E-state index is -0.625. The second kappa shape index (κ2) is 13.7. The van der Waals surface area contributed by atoms with Crippen molar-refractivity contribution in [3.8, 4) is 0 Å². The smallest absolute Gasteiger partial charge is 0.289 e. The van der Waals surface area contributed by atoms with Gasteiger partial charge in [-0.05, 0) is 97.6 Å². The van der Waals surface area contributed by atoms with Gasteiger partial charge in [0, 0.05) is 39.1 Å². The van der Waals surface area contributed by atoms with Crippen molar-refractivity contribution in [2.45, 2.75) is 137 Å². The maximum atomic E-state index is 14.1. The van der Waals surface area contributed by atoms with Crippen LogP contribution in [0.2, 0.25) is 0 Å². The first-order valence-corrected chi connectivity index (χ1v) is 17.3. The van der Waals surface area contributed by atoms with Gasteiger partial charge in [0.15, 0.2) is 5.76 Å². The molecule has 0 spiro atoms. The van der Waals surface area contributed by atoms with E-state index in [4.69, 9.17) is 4.42 Å². The van der Waals surface area contributed by atoms with Crippen LogP contribution < -0.4 is 0 Å². The van der Waals surface area contributed by atoms with E-state index in [1.807, 2.05) is 26.0 Å². The topological polar surface area (TPSA) is 60.2 Å². The molecule has 44 heavy (non-hydrogen) atoms. The summed E-state index contributed by atoms with van der Waals surface area (Å²) in [5.41, 5.74) is 5.24. The zero-order valence-corrected chi connectivity index (χ0v) is 29.6. The van der Waals surface area contributed by atoms with Gasteiger partial charge in [-0.2, -0.15) is 0 Å². The molecule has 6 heteroatoms. The predicted molar refractivity (Wildman–Crippen MR) is 181 cm³/mol. The zero-order chi connectivity index (χ0) is 32.4. The van der Waals surface area contributed by atoms with Crippen molar-refractivity contribution in [1.82, 2.24) is 14.9 Å². The molecule has 1 fully saturated rings. The van der Waals surface area contributed by atoms with Crippen molar-refractivity contribution in [1.29, 1.82) is 0 Å². The van der Waals surface area contributed by atoms with Gasteiger partial charge in [-0.1, -0.05) is 73.4 Å². The number of fused-ring (bicyclic) bond motifs is 1. The average Bonchev–Trinajstić information content (AvgIpc) is 3.58. The Morgan fingerprint density at radius 1 is 1.02 bits per heavy atom. The van der Waals surface area contributed by atoms with Gasteiger partial charge >= 0.3 is 0 Å². The van der Waals surface area contributed by atoms with Gasteiger partial charge in [0.2, 0.25) is 0 Å². The van der Waals surface area contributed by atoms with Crippen LogP contribution in [-0.2, 0) is 17.3 Å². The molecule has 0 bridgehead atoms. The second-order valence-corrected chi connectivity index (χ2v) is 15.8. The van der Waals surface area contributed by atoms with E-state index >= 15 is 0 Å². The molecule has 1 aromatic carbocycles. The fourth-order valence-electron chi connectivity index (χ4n) is 7.34. The van der Waals surface area contributed by atoms with Crippen LogP contribution in [0.1, 0.15) is 139 Å². The van der Waals surface area contributed by atoms with Crippen molar-refractivity contribution in [3.05, 3.63) is 58.0 Å². The van der Waals surface area contributed by atoms with Crippen molar-refractivity contribution >= 4 is 5.91 Å². The number of aryl methyl sites for hydroxylation is 1. The minimum Gasteiger partial charge on any atom is -0.456 e. The summed E-state index contributed by atoms with van der Waals surface area (Å²) in [6, 6.07) is 8.85. The molecule has 4 rings (SSSR count). The summed E-state index contributed by atoms with van der Waals surface area (Å²) < 4.78 is 6.35. The number of amides is 1. The lowest BCUT2D eigenvalue weighted by Crippen LogP contribution is -2.44. The first kappa shape index (κ1) is 34.7. The van der Waals surface area contributed by atoms with Gasteiger partial charge in [0.25, 0.3) is 5.91 Å². The van der Waals surface area contributed by atoms with Crippen molar-refractivity contribution in [3.63, 3.8) is 0 Å². The Morgan fingerprint density at radius 2 is 1.61 bits per heavy atom. The fraction of sp³-hybridized carbons (Fsp3) is 0.711. The summed E-state index contributed by atoms with van der Waals surface area (Å²) in [6.07, 6.45) is 6.88. The lowest BCUT2D eigenvalue weighted by molar-refractivity contribution is 0.0388.